The van der Waals surface area contributed by atoms with Crippen LogP contribution in [0.4, 0.5) is 4.79 Å². The molecule has 0 aromatic heterocycles. The Hall–Kier alpha value is -3.41. The molecule has 4 aromatic carbocycles. The average Bonchev–Trinajstić information content (AvgIpc) is 3.30. The Morgan fingerprint density at radius 2 is 1.26 bits per heavy atom. The standard InChI is InChI=1S/C32H29NO6S3/c1-41(37)22-15-11-20(12-16-22)30(21-13-17-23(18-14-21)42(2)38)40-19-28(31(34)35)33-32(36)39-29-26-9-5-3-7-24(26)25-8-4-6-10-27(25)29/h3-18,28-30H,19H2,1-2H3,(H,33,36)(H,34,35)/t28-,30?,41?,42?/m0/s1. The van der Waals surface area contributed by atoms with E-state index in [1.165, 1.54) is 11.8 Å². The lowest BCUT2D eigenvalue weighted by Gasteiger charge is -2.22. The lowest BCUT2D eigenvalue weighted by molar-refractivity contribution is -0.138. The Labute approximate surface area is 255 Å². The Bertz CT molecular complexity index is 1460. The minimum atomic E-state index is -1.22. The van der Waals surface area contributed by atoms with E-state index in [2.05, 4.69) is 5.32 Å². The first-order valence-corrected chi connectivity index (χ1v) is 17.3. The van der Waals surface area contributed by atoms with Crippen molar-refractivity contribution in [2.24, 2.45) is 0 Å². The van der Waals surface area contributed by atoms with Crippen LogP contribution < -0.4 is 5.32 Å². The smallest absolute Gasteiger partial charge is 0.408 e. The second kappa shape index (κ2) is 13.3. The number of carbonyl (C=O) groups is 2. The maximum atomic E-state index is 13.1. The summed E-state index contributed by atoms with van der Waals surface area (Å²) in [7, 11) is 0. The van der Waals surface area contributed by atoms with Crippen molar-refractivity contribution in [3.05, 3.63) is 119 Å². The number of nitrogens with one attached hydrogen (secondary N) is 1. The molecule has 42 heavy (non-hydrogen) atoms. The van der Waals surface area contributed by atoms with Crippen LogP contribution in [0.1, 0.15) is 33.6 Å². The highest BCUT2D eigenvalue weighted by Gasteiger charge is 2.32. The molecule has 0 bridgehead atoms. The molecular weight excluding hydrogens is 591 g/mol. The van der Waals surface area contributed by atoms with Crippen molar-refractivity contribution in [3.8, 4) is 11.1 Å². The van der Waals surface area contributed by atoms with Gasteiger partial charge in [-0.05, 0) is 68.9 Å². The van der Waals surface area contributed by atoms with Gasteiger partial charge in [0.05, 0.1) is 5.25 Å². The van der Waals surface area contributed by atoms with Crippen molar-refractivity contribution in [1.29, 1.82) is 0 Å². The van der Waals surface area contributed by atoms with Crippen LogP contribution in [-0.2, 0) is 31.9 Å². The van der Waals surface area contributed by atoms with Crippen LogP contribution in [0, 0.1) is 0 Å². The van der Waals surface area contributed by atoms with Crippen LogP contribution in [-0.4, -0.2) is 50.6 Å². The highest BCUT2D eigenvalue weighted by molar-refractivity contribution is 7.99. The first-order chi connectivity index (χ1) is 20.2. The molecule has 4 aromatic rings. The van der Waals surface area contributed by atoms with Gasteiger partial charge in [0, 0.05) is 16.9 Å². The van der Waals surface area contributed by atoms with Gasteiger partial charge in [-0.25, -0.2) is 9.59 Å². The molecular formula is C32H29NO6S3. The number of hydrogen-bond acceptors (Lipinski definition) is 6. The highest BCUT2D eigenvalue weighted by Crippen LogP contribution is 2.45. The molecule has 10 heteroatoms. The number of rotatable bonds is 10. The minimum Gasteiger partial charge on any atom is -0.612 e. The van der Waals surface area contributed by atoms with Crippen molar-refractivity contribution in [2.75, 3.05) is 18.3 Å². The maximum Gasteiger partial charge on any atom is 0.408 e. The summed E-state index contributed by atoms with van der Waals surface area (Å²) in [6.07, 6.45) is 1.75. The van der Waals surface area contributed by atoms with Gasteiger partial charge >= 0.3 is 12.1 Å². The molecule has 5 rings (SSSR count). The van der Waals surface area contributed by atoms with Crippen molar-refractivity contribution < 1.29 is 28.5 Å². The van der Waals surface area contributed by atoms with E-state index in [0.717, 1.165) is 33.4 Å². The summed E-state index contributed by atoms with van der Waals surface area (Å²) in [6, 6.07) is 28.8. The molecule has 0 aliphatic heterocycles. The number of carbonyl (C=O) groups excluding carboxylic acids is 1. The summed E-state index contributed by atoms with van der Waals surface area (Å²) in [4.78, 5) is 26.7. The number of ether oxygens (including phenoxy) is 1. The average molecular weight is 620 g/mol. The molecule has 3 atom stereocenters. The first kappa shape index (κ1) is 30.1. The number of benzene rings is 4. The normalized spacial score (nSPS) is 15.1. The third-order valence-electron chi connectivity index (χ3n) is 7.05. The second-order valence-electron chi connectivity index (χ2n) is 9.75. The fourth-order valence-electron chi connectivity index (χ4n) is 4.94. The summed E-state index contributed by atoms with van der Waals surface area (Å²) in [5.41, 5.74) is 5.42. The third-order valence-corrected chi connectivity index (χ3v) is 10.3. The zero-order chi connectivity index (χ0) is 29.8. The Balaban J connectivity index is 1.33. The predicted octanol–water partition coefficient (Wildman–Crippen LogP) is 5.93. The molecule has 0 heterocycles. The SMILES string of the molecule is C[S+]([O-])c1ccc(C(SC[C@H](NC(=O)OC2c3ccccc3-c3ccccc32)C(=O)O)c2ccc([S+](C)[O-])cc2)cc1. The van der Waals surface area contributed by atoms with E-state index in [1.54, 1.807) is 36.8 Å². The number of alkyl carbamates (subject to hydrolysis) is 1. The Kier molecular flexibility index (Phi) is 9.50. The molecule has 216 valence electrons. The zero-order valence-electron chi connectivity index (χ0n) is 22.9. The fourth-order valence-corrected chi connectivity index (χ4v) is 7.29. The van der Waals surface area contributed by atoms with E-state index in [4.69, 9.17) is 4.74 Å². The van der Waals surface area contributed by atoms with E-state index >= 15 is 0 Å². The number of thioether (sulfide) groups is 1. The van der Waals surface area contributed by atoms with Gasteiger partial charge in [0.15, 0.2) is 15.9 Å². The van der Waals surface area contributed by atoms with Crippen LogP contribution in [0.3, 0.4) is 0 Å². The topological polar surface area (TPSA) is 122 Å². The highest BCUT2D eigenvalue weighted by atomic mass is 32.2. The fraction of sp³-hybridized carbons (Fsp3) is 0.188. The summed E-state index contributed by atoms with van der Waals surface area (Å²) in [5.74, 6) is -1.13. The van der Waals surface area contributed by atoms with E-state index in [0.29, 0.717) is 9.79 Å². The van der Waals surface area contributed by atoms with Gasteiger partial charge in [-0.1, -0.05) is 72.8 Å². The van der Waals surface area contributed by atoms with Crippen molar-refractivity contribution in [3.63, 3.8) is 0 Å². The monoisotopic (exact) mass is 619 g/mol. The molecule has 1 aliphatic rings. The van der Waals surface area contributed by atoms with Gasteiger partial charge in [0.2, 0.25) is 0 Å². The molecule has 2 unspecified atom stereocenters. The molecule has 0 spiro atoms. The molecule has 0 saturated heterocycles. The molecule has 0 fully saturated rings. The maximum absolute atomic E-state index is 13.1. The Morgan fingerprint density at radius 3 is 1.69 bits per heavy atom. The van der Waals surface area contributed by atoms with Crippen LogP contribution in [0.25, 0.3) is 11.1 Å². The minimum absolute atomic E-state index is 0.0514. The van der Waals surface area contributed by atoms with E-state index < -0.39 is 46.6 Å². The van der Waals surface area contributed by atoms with E-state index in [9.17, 15) is 23.8 Å². The summed E-state index contributed by atoms with van der Waals surface area (Å²) >= 11 is -0.922. The first-order valence-electron chi connectivity index (χ1n) is 13.1. The zero-order valence-corrected chi connectivity index (χ0v) is 25.3. The Morgan fingerprint density at radius 1 is 0.810 bits per heavy atom. The van der Waals surface area contributed by atoms with Crippen LogP contribution >= 0.6 is 11.8 Å². The number of carboxylic acids is 1. The van der Waals surface area contributed by atoms with Gasteiger partial charge in [-0.15, -0.1) is 11.8 Å². The van der Waals surface area contributed by atoms with E-state index in [-0.39, 0.29) is 11.0 Å². The number of amides is 1. The summed E-state index contributed by atoms with van der Waals surface area (Å²) < 4.78 is 29.6. The van der Waals surface area contributed by atoms with Crippen LogP contribution in [0.15, 0.2) is 107 Å². The van der Waals surface area contributed by atoms with Crippen molar-refractivity contribution in [2.45, 2.75) is 27.2 Å². The lowest BCUT2D eigenvalue weighted by Crippen LogP contribution is -2.43. The van der Waals surface area contributed by atoms with Gasteiger partial charge in [0.1, 0.15) is 18.6 Å². The number of hydrogen-bond donors (Lipinski definition) is 2. The predicted molar refractivity (Wildman–Crippen MR) is 167 cm³/mol. The van der Waals surface area contributed by atoms with Crippen LogP contribution in [0.2, 0.25) is 0 Å². The van der Waals surface area contributed by atoms with Gasteiger partial charge in [-0.3, -0.25) is 0 Å². The molecule has 1 aliphatic carbocycles. The van der Waals surface area contributed by atoms with Crippen LogP contribution in [0.5, 0.6) is 0 Å². The lowest BCUT2D eigenvalue weighted by atomic mass is 10.0. The van der Waals surface area contributed by atoms with Crippen molar-refractivity contribution >= 4 is 46.2 Å². The largest absolute Gasteiger partial charge is 0.612 e. The van der Waals surface area contributed by atoms with Gasteiger partial charge < -0.3 is 24.3 Å². The molecule has 0 saturated carbocycles. The number of aliphatic carboxylic acids is 1. The number of carboxylic acid groups (broad SMARTS) is 1. The molecule has 7 nitrogen and oxygen atoms in total. The van der Waals surface area contributed by atoms with E-state index in [1.807, 2.05) is 72.8 Å². The number of fused-ring (bicyclic) bond motifs is 3. The quantitative estimate of drug-likeness (QED) is 0.211. The molecule has 1 amide bonds. The summed E-state index contributed by atoms with van der Waals surface area (Å²) in [5, 5.41) is 12.3. The third kappa shape index (κ3) is 6.63. The van der Waals surface area contributed by atoms with Gasteiger partial charge in [0.25, 0.3) is 0 Å². The summed E-state index contributed by atoms with van der Waals surface area (Å²) in [6.45, 7) is 0. The molecule has 2 N–H and O–H groups in total. The van der Waals surface area contributed by atoms with Crippen molar-refractivity contribution in [1.82, 2.24) is 5.32 Å². The molecule has 0 radical (unpaired) electrons. The second-order valence-corrected chi connectivity index (χ2v) is 13.7. The van der Waals surface area contributed by atoms with Gasteiger partial charge in [-0.2, -0.15) is 0 Å².